The number of hydrogen-bond donors (Lipinski definition) is 2. The molecule has 3 rings (SSSR count). The van der Waals surface area contributed by atoms with E-state index in [1.807, 2.05) is 30.5 Å². The van der Waals surface area contributed by atoms with Crippen molar-refractivity contribution in [1.82, 2.24) is 14.3 Å². The summed E-state index contributed by atoms with van der Waals surface area (Å²) in [6, 6.07) is 8.28. The number of aromatic nitrogens is 2. The zero-order valence-electron chi connectivity index (χ0n) is 18.6. The molecule has 30 heavy (non-hydrogen) atoms. The highest BCUT2D eigenvalue weighted by molar-refractivity contribution is 5.96. The molecule has 0 spiro atoms. The quantitative estimate of drug-likeness (QED) is 0.593. The number of imidazole rings is 1. The molecule has 6 nitrogen and oxygen atoms in total. The van der Waals surface area contributed by atoms with Crippen LogP contribution >= 0.6 is 0 Å². The van der Waals surface area contributed by atoms with Crippen LogP contribution in [-0.2, 0) is 13.0 Å². The fourth-order valence-corrected chi connectivity index (χ4v) is 3.78. The number of anilines is 1. The van der Waals surface area contributed by atoms with Gasteiger partial charge in [0.1, 0.15) is 0 Å². The molecule has 0 fully saturated rings. The number of hydrogen-bond acceptors (Lipinski definition) is 4. The van der Waals surface area contributed by atoms with E-state index in [4.69, 9.17) is 10.1 Å². The van der Waals surface area contributed by atoms with Crippen LogP contribution in [0.3, 0.4) is 0 Å². The van der Waals surface area contributed by atoms with E-state index in [1.165, 1.54) is 16.7 Å². The minimum atomic E-state index is -0.0655. The number of aliphatic hydroxyl groups is 1. The molecule has 3 aromatic rings. The third-order valence-corrected chi connectivity index (χ3v) is 5.78. The maximum Gasteiger partial charge on any atom is 0.255 e. The number of rotatable bonds is 8. The number of aryl methyl sites for hydroxylation is 4. The summed E-state index contributed by atoms with van der Waals surface area (Å²) in [6.07, 6.45) is 3.40. The van der Waals surface area contributed by atoms with Gasteiger partial charge in [0, 0.05) is 38.6 Å². The highest BCUT2D eigenvalue weighted by Gasteiger charge is 2.17. The van der Waals surface area contributed by atoms with Crippen molar-refractivity contribution in [2.75, 3.05) is 25.5 Å². The van der Waals surface area contributed by atoms with Gasteiger partial charge in [0.05, 0.1) is 16.9 Å². The van der Waals surface area contributed by atoms with E-state index >= 15 is 0 Å². The lowest BCUT2D eigenvalue weighted by molar-refractivity contribution is 0.0786. The number of nitrogens with one attached hydrogen (secondary N) is 1. The molecule has 2 heterocycles. The van der Waals surface area contributed by atoms with Crippen molar-refractivity contribution < 1.29 is 9.90 Å². The third-order valence-electron chi connectivity index (χ3n) is 5.78. The Morgan fingerprint density at radius 3 is 2.73 bits per heavy atom. The number of aliphatic hydroxyl groups excluding tert-OH is 1. The van der Waals surface area contributed by atoms with Crippen LogP contribution in [0.5, 0.6) is 0 Å². The molecule has 1 aromatic carbocycles. The van der Waals surface area contributed by atoms with Gasteiger partial charge in [-0.05, 0) is 56.4 Å². The van der Waals surface area contributed by atoms with E-state index in [2.05, 4.69) is 37.4 Å². The van der Waals surface area contributed by atoms with Crippen LogP contribution in [0, 0.1) is 20.8 Å². The van der Waals surface area contributed by atoms with E-state index in [1.54, 1.807) is 11.9 Å². The zero-order valence-corrected chi connectivity index (χ0v) is 18.6. The monoisotopic (exact) mass is 408 g/mol. The Labute approximate surface area is 178 Å². The summed E-state index contributed by atoms with van der Waals surface area (Å²) < 4.78 is 1.99. The first-order chi connectivity index (χ1) is 14.4. The van der Waals surface area contributed by atoms with E-state index in [0.29, 0.717) is 25.1 Å². The van der Waals surface area contributed by atoms with Crippen LogP contribution < -0.4 is 5.32 Å². The molecule has 0 saturated carbocycles. The van der Waals surface area contributed by atoms with Crippen molar-refractivity contribution in [3.05, 3.63) is 64.1 Å². The van der Waals surface area contributed by atoms with E-state index in [-0.39, 0.29) is 12.5 Å². The Morgan fingerprint density at radius 2 is 2.03 bits per heavy atom. The lowest BCUT2D eigenvalue weighted by Crippen LogP contribution is -2.28. The van der Waals surface area contributed by atoms with Crippen molar-refractivity contribution in [2.45, 2.75) is 47.1 Å². The van der Waals surface area contributed by atoms with Crippen LogP contribution in [0.1, 0.15) is 51.8 Å². The van der Waals surface area contributed by atoms with Crippen molar-refractivity contribution in [1.29, 1.82) is 0 Å². The summed E-state index contributed by atoms with van der Waals surface area (Å²) >= 11 is 0. The molecule has 1 amide bonds. The Hall–Kier alpha value is -2.86. The summed E-state index contributed by atoms with van der Waals surface area (Å²) in [4.78, 5) is 19.4. The maximum absolute atomic E-state index is 13.0. The number of fused-ring (bicyclic) bond motifs is 1. The molecule has 0 aliphatic rings. The van der Waals surface area contributed by atoms with Gasteiger partial charge >= 0.3 is 0 Å². The number of amides is 1. The molecule has 6 heteroatoms. The average molecular weight is 409 g/mol. The smallest absolute Gasteiger partial charge is 0.255 e. The van der Waals surface area contributed by atoms with Crippen LogP contribution in [0.2, 0.25) is 0 Å². The summed E-state index contributed by atoms with van der Waals surface area (Å²) in [5.41, 5.74) is 8.10. The minimum Gasteiger partial charge on any atom is -0.396 e. The number of pyridine rings is 1. The van der Waals surface area contributed by atoms with Crippen molar-refractivity contribution in [3.8, 4) is 0 Å². The first kappa shape index (κ1) is 21.8. The normalized spacial score (nSPS) is 11.1. The van der Waals surface area contributed by atoms with Crippen LogP contribution in [0.4, 0.5) is 5.69 Å². The lowest BCUT2D eigenvalue weighted by Gasteiger charge is -2.18. The molecular formula is C24H32N4O2. The van der Waals surface area contributed by atoms with Crippen LogP contribution in [0.25, 0.3) is 5.65 Å². The Balaban J connectivity index is 1.99. The number of carbonyl (C=O) groups is 1. The summed E-state index contributed by atoms with van der Waals surface area (Å²) in [7, 11) is 1.77. The topological polar surface area (TPSA) is 69.9 Å². The molecule has 0 unspecified atom stereocenters. The highest BCUT2D eigenvalue weighted by Crippen LogP contribution is 2.24. The number of carbonyl (C=O) groups excluding carboxylic acids is 1. The molecule has 0 atom stereocenters. The number of benzene rings is 1. The minimum absolute atomic E-state index is 0.0655. The van der Waals surface area contributed by atoms with Gasteiger partial charge in [-0.25, -0.2) is 4.98 Å². The molecule has 2 N–H and O–H groups in total. The first-order valence-electron chi connectivity index (χ1n) is 10.5. The van der Waals surface area contributed by atoms with Crippen molar-refractivity contribution >= 4 is 17.2 Å². The Morgan fingerprint density at radius 1 is 1.27 bits per heavy atom. The molecule has 2 aromatic heterocycles. The van der Waals surface area contributed by atoms with Gasteiger partial charge in [0.15, 0.2) is 5.65 Å². The Bertz CT molecular complexity index is 1060. The fraction of sp³-hybridized carbons (Fsp3) is 0.417. The SMILES string of the molecule is CCc1cccc(C)c1CNc1cc(C(=O)N(C)CCCO)cn2c(C)c(C)nc12. The zero-order chi connectivity index (χ0) is 21.8. The second-order valence-electron chi connectivity index (χ2n) is 7.84. The summed E-state index contributed by atoms with van der Waals surface area (Å²) in [5, 5.41) is 12.6. The largest absolute Gasteiger partial charge is 0.396 e. The summed E-state index contributed by atoms with van der Waals surface area (Å²) in [6.45, 7) is 9.55. The molecule has 0 aliphatic heterocycles. The average Bonchev–Trinajstić information content (AvgIpc) is 3.04. The molecule has 0 aliphatic carbocycles. The van der Waals surface area contributed by atoms with E-state index < -0.39 is 0 Å². The predicted octanol–water partition coefficient (Wildman–Crippen LogP) is 3.89. The standard InChI is InChI=1S/C24H32N4O2/c1-6-19-10-7-9-16(2)21(19)14-25-22-13-20(24(30)27(5)11-8-12-29)15-28-18(4)17(3)26-23(22)28/h7,9-10,13,15,25,29H,6,8,11-12,14H2,1-5H3. The lowest BCUT2D eigenvalue weighted by atomic mass is 10.00. The molecular weight excluding hydrogens is 376 g/mol. The number of nitrogens with zero attached hydrogens (tertiary/aromatic N) is 3. The third kappa shape index (κ3) is 4.33. The van der Waals surface area contributed by atoms with Crippen molar-refractivity contribution in [3.63, 3.8) is 0 Å². The second-order valence-corrected chi connectivity index (χ2v) is 7.84. The van der Waals surface area contributed by atoms with Gasteiger partial charge < -0.3 is 19.7 Å². The van der Waals surface area contributed by atoms with Gasteiger partial charge in [-0.15, -0.1) is 0 Å². The summed E-state index contributed by atoms with van der Waals surface area (Å²) in [5.74, 6) is -0.0655. The van der Waals surface area contributed by atoms with Gasteiger partial charge in [-0.2, -0.15) is 0 Å². The fourth-order valence-electron chi connectivity index (χ4n) is 3.78. The second kappa shape index (κ2) is 9.30. The maximum atomic E-state index is 13.0. The van der Waals surface area contributed by atoms with E-state index in [0.717, 1.165) is 29.1 Å². The van der Waals surface area contributed by atoms with Gasteiger partial charge in [-0.1, -0.05) is 25.1 Å². The van der Waals surface area contributed by atoms with E-state index in [9.17, 15) is 4.79 Å². The van der Waals surface area contributed by atoms with Crippen LogP contribution in [-0.4, -0.2) is 45.5 Å². The van der Waals surface area contributed by atoms with Gasteiger partial charge in [0.25, 0.3) is 5.91 Å². The molecule has 0 bridgehead atoms. The van der Waals surface area contributed by atoms with Crippen molar-refractivity contribution in [2.24, 2.45) is 0 Å². The van der Waals surface area contributed by atoms with Gasteiger partial charge in [0.2, 0.25) is 0 Å². The van der Waals surface area contributed by atoms with Crippen LogP contribution in [0.15, 0.2) is 30.5 Å². The highest BCUT2D eigenvalue weighted by atomic mass is 16.3. The molecule has 0 radical (unpaired) electrons. The van der Waals surface area contributed by atoms with Gasteiger partial charge in [-0.3, -0.25) is 4.79 Å². The molecule has 160 valence electrons. The molecule has 0 saturated heterocycles. The predicted molar refractivity (Wildman–Crippen MR) is 121 cm³/mol. The first-order valence-corrected chi connectivity index (χ1v) is 10.5. The Kier molecular flexibility index (Phi) is 6.77.